The first-order chi connectivity index (χ1) is 10.6. The van der Waals surface area contributed by atoms with Gasteiger partial charge in [0.15, 0.2) is 5.15 Å². The molecular weight excluding hydrogens is 377 g/mol. The second-order valence-corrected chi connectivity index (χ2v) is 6.54. The van der Waals surface area contributed by atoms with Gasteiger partial charge in [-0.15, -0.1) is 0 Å². The van der Waals surface area contributed by atoms with Gasteiger partial charge in [0.25, 0.3) is 10.0 Å². The lowest BCUT2D eigenvalue weighted by Gasteiger charge is -2.11. The molecule has 0 radical (unpaired) electrons. The molecule has 0 spiro atoms. The maximum Gasteiger partial charge on any atom is 0.338 e. The number of nitrogens with one attached hydrogen (secondary N) is 1. The second-order valence-electron chi connectivity index (χ2n) is 4.15. The third-order valence-electron chi connectivity index (χ3n) is 2.60. The molecule has 0 aliphatic rings. The number of carbonyl (C=O) groups is 1. The monoisotopic (exact) mass is 382 g/mol. The summed E-state index contributed by atoms with van der Waals surface area (Å²) in [6.45, 7) is 0. The number of carboxylic acids is 1. The molecule has 1 aromatic carbocycles. The Labute approximate surface area is 138 Å². The average Bonchev–Trinajstić information content (AvgIpc) is 2.40. The van der Waals surface area contributed by atoms with Gasteiger partial charge in [-0.3, -0.25) is 4.72 Å². The highest BCUT2D eigenvalue weighted by Crippen LogP contribution is 2.26. The molecule has 2 rings (SSSR count). The molecule has 2 aromatic rings. The zero-order valence-corrected chi connectivity index (χ0v) is 13.2. The van der Waals surface area contributed by atoms with Gasteiger partial charge in [-0.2, -0.15) is 0 Å². The van der Waals surface area contributed by atoms with Gasteiger partial charge < -0.3 is 5.11 Å². The molecule has 1 aromatic heterocycles. The third-order valence-corrected chi connectivity index (χ3v) is 4.61. The van der Waals surface area contributed by atoms with E-state index in [1.54, 1.807) is 4.72 Å². The van der Waals surface area contributed by atoms with Gasteiger partial charge in [-0.05, 0) is 18.2 Å². The van der Waals surface area contributed by atoms with Crippen molar-refractivity contribution < 1.29 is 27.1 Å². The Hall–Kier alpha value is -1.97. The summed E-state index contributed by atoms with van der Waals surface area (Å²) in [6, 6.07) is 2.94. The number of rotatable bonds is 4. The molecule has 6 nitrogen and oxygen atoms in total. The predicted molar refractivity (Wildman–Crippen MR) is 78.4 cm³/mol. The van der Waals surface area contributed by atoms with Crippen LogP contribution < -0.4 is 4.72 Å². The van der Waals surface area contributed by atoms with Crippen LogP contribution in [0.5, 0.6) is 0 Å². The summed E-state index contributed by atoms with van der Waals surface area (Å²) in [5, 5.41) is 8.26. The summed E-state index contributed by atoms with van der Waals surface area (Å²) >= 11 is 11.2. The van der Waals surface area contributed by atoms with E-state index in [-0.39, 0.29) is 11.2 Å². The van der Waals surface area contributed by atoms with Crippen LogP contribution in [-0.2, 0) is 10.0 Å². The fourth-order valence-corrected chi connectivity index (χ4v) is 3.31. The summed E-state index contributed by atoms with van der Waals surface area (Å²) in [7, 11) is -4.40. The highest BCUT2D eigenvalue weighted by molar-refractivity contribution is 7.92. The van der Waals surface area contributed by atoms with Gasteiger partial charge in [0, 0.05) is 6.07 Å². The third kappa shape index (κ3) is 3.69. The minimum absolute atomic E-state index is 0.0601. The van der Waals surface area contributed by atoms with E-state index in [1.165, 1.54) is 0 Å². The van der Waals surface area contributed by atoms with Crippen molar-refractivity contribution in [2.75, 3.05) is 4.72 Å². The van der Waals surface area contributed by atoms with E-state index in [4.69, 9.17) is 28.3 Å². The van der Waals surface area contributed by atoms with Crippen molar-refractivity contribution in [2.24, 2.45) is 0 Å². The summed E-state index contributed by atoms with van der Waals surface area (Å²) in [6.07, 6.45) is 0. The lowest BCUT2D eigenvalue weighted by atomic mass is 10.2. The van der Waals surface area contributed by atoms with E-state index in [2.05, 4.69) is 4.98 Å². The van der Waals surface area contributed by atoms with E-state index in [1.807, 2.05) is 0 Å². The normalized spacial score (nSPS) is 11.3. The Morgan fingerprint density at radius 2 is 1.83 bits per heavy atom. The number of aromatic nitrogens is 1. The minimum atomic E-state index is -4.40. The summed E-state index contributed by atoms with van der Waals surface area (Å²) in [4.78, 5) is 13.8. The largest absolute Gasteiger partial charge is 0.478 e. The number of halogens is 4. The Kier molecular flexibility index (Phi) is 4.73. The number of pyridine rings is 1. The van der Waals surface area contributed by atoms with Crippen molar-refractivity contribution in [3.05, 3.63) is 51.8 Å². The first-order valence-corrected chi connectivity index (χ1v) is 7.93. The van der Waals surface area contributed by atoms with Crippen LogP contribution in [0.1, 0.15) is 10.4 Å². The van der Waals surface area contributed by atoms with Crippen LogP contribution in [0, 0.1) is 11.6 Å². The number of aromatic carboxylic acids is 1. The molecule has 0 aliphatic carbocycles. The van der Waals surface area contributed by atoms with Crippen LogP contribution in [0.15, 0.2) is 29.2 Å². The van der Waals surface area contributed by atoms with Gasteiger partial charge in [0.05, 0.1) is 11.3 Å². The Morgan fingerprint density at radius 3 is 2.39 bits per heavy atom. The van der Waals surface area contributed by atoms with Crippen LogP contribution in [0.2, 0.25) is 10.3 Å². The maximum absolute atomic E-state index is 13.7. The molecule has 0 saturated heterocycles. The smallest absolute Gasteiger partial charge is 0.338 e. The van der Waals surface area contributed by atoms with E-state index >= 15 is 0 Å². The zero-order valence-electron chi connectivity index (χ0n) is 10.8. The van der Waals surface area contributed by atoms with E-state index in [9.17, 15) is 22.0 Å². The molecule has 0 amide bonds. The molecule has 0 bridgehead atoms. The molecule has 11 heteroatoms. The van der Waals surface area contributed by atoms with Crippen LogP contribution in [-0.4, -0.2) is 24.5 Å². The standard InChI is InChI=1S/C12H6Cl2F2N2O4S/c13-10-2-1-9(11(14)17-10)23(21,22)18-8-3-5(12(19)20)6(15)4-7(8)16/h1-4,18H,(H,19,20). The molecule has 1 heterocycles. The number of benzene rings is 1. The van der Waals surface area contributed by atoms with Gasteiger partial charge in [0.1, 0.15) is 21.7 Å². The highest BCUT2D eigenvalue weighted by atomic mass is 35.5. The van der Waals surface area contributed by atoms with Crippen LogP contribution in [0.4, 0.5) is 14.5 Å². The van der Waals surface area contributed by atoms with Crippen LogP contribution in [0.25, 0.3) is 0 Å². The maximum atomic E-state index is 13.7. The number of anilines is 1. The number of hydrogen-bond acceptors (Lipinski definition) is 4. The van der Waals surface area contributed by atoms with E-state index in [0.29, 0.717) is 6.07 Å². The fourth-order valence-electron chi connectivity index (χ4n) is 1.59. The molecule has 0 unspecified atom stereocenters. The van der Waals surface area contributed by atoms with Gasteiger partial charge >= 0.3 is 5.97 Å². The first-order valence-electron chi connectivity index (χ1n) is 5.69. The van der Waals surface area contributed by atoms with Crippen molar-refractivity contribution in [1.82, 2.24) is 4.98 Å². The minimum Gasteiger partial charge on any atom is -0.478 e. The predicted octanol–water partition coefficient (Wildman–Crippen LogP) is 3.17. The Bertz CT molecular complexity index is 906. The van der Waals surface area contributed by atoms with Crippen molar-refractivity contribution in [2.45, 2.75) is 4.90 Å². The second kappa shape index (κ2) is 6.26. The van der Waals surface area contributed by atoms with Crippen molar-refractivity contribution >= 4 is 44.9 Å². The van der Waals surface area contributed by atoms with Gasteiger partial charge in [-0.25, -0.2) is 27.0 Å². The Morgan fingerprint density at radius 1 is 1.17 bits per heavy atom. The molecule has 23 heavy (non-hydrogen) atoms. The van der Waals surface area contributed by atoms with Crippen molar-refractivity contribution in [3.8, 4) is 0 Å². The molecule has 122 valence electrons. The van der Waals surface area contributed by atoms with Crippen molar-refractivity contribution in [3.63, 3.8) is 0 Å². The number of carboxylic acid groups (broad SMARTS) is 1. The van der Waals surface area contributed by atoms with Crippen LogP contribution in [0.3, 0.4) is 0 Å². The molecule has 0 atom stereocenters. The zero-order chi connectivity index (χ0) is 17.4. The molecule has 0 saturated carbocycles. The van der Waals surface area contributed by atoms with E-state index < -0.39 is 48.9 Å². The number of sulfonamides is 1. The van der Waals surface area contributed by atoms with Crippen LogP contribution >= 0.6 is 23.2 Å². The topological polar surface area (TPSA) is 96.4 Å². The highest BCUT2D eigenvalue weighted by Gasteiger charge is 2.23. The lowest BCUT2D eigenvalue weighted by molar-refractivity contribution is 0.0692. The van der Waals surface area contributed by atoms with E-state index in [0.717, 1.165) is 12.1 Å². The first kappa shape index (κ1) is 17.4. The summed E-state index contributed by atoms with van der Waals surface area (Å²) < 4.78 is 53.1. The Balaban J connectivity index is 2.49. The summed E-state index contributed by atoms with van der Waals surface area (Å²) in [5.41, 5.74) is -1.65. The summed E-state index contributed by atoms with van der Waals surface area (Å²) in [5.74, 6) is -4.33. The van der Waals surface area contributed by atoms with Crippen molar-refractivity contribution in [1.29, 1.82) is 0 Å². The van der Waals surface area contributed by atoms with Gasteiger partial charge in [0.2, 0.25) is 0 Å². The number of hydrogen-bond donors (Lipinski definition) is 2. The molecular formula is C12H6Cl2F2N2O4S. The number of nitrogens with zero attached hydrogens (tertiary/aromatic N) is 1. The molecule has 2 N–H and O–H groups in total. The quantitative estimate of drug-likeness (QED) is 0.791. The van der Waals surface area contributed by atoms with Gasteiger partial charge in [-0.1, -0.05) is 23.2 Å². The fraction of sp³-hybridized carbons (Fsp3) is 0. The average molecular weight is 383 g/mol. The lowest BCUT2D eigenvalue weighted by Crippen LogP contribution is -2.16. The SMILES string of the molecule is O=C(O)c1cc(NS(=O)(=O)c2ccc(Cl)nc2Cl)c(F)cc1F. The molecule has 0 aliphatic heterocycles. The molecule has 0 fully saturated rings.